The molecule has 17 heavy (non-hydrogen) atoms. The maximum absolute atomic E-state index is 10.5. The summed E-state index contributed by atoms with van der Waals surface area (Å²) in [7, 11) is -5.12. The van der Waals surface area contributed by atoms with Gasteiger partial charge in [0.05, 0.1) is 6.10 Å². The largest absolute Gasteiger partial charge is 0.397 e. The highest BCUT2D eigenvalue weighted by atomic mass is 32.3. The van der Waals surface area contributed by atoms with Gasteiger partial charge in [0.2, 0.25) is 0 Å². The van der Waals surface area contributed by atoms with Gasteiger partial charge in [-0.05, 0) is 6.90 Å². The Hall–Kier alpha value is -0.620. The number of hydrogen-bond acceptors (Lipinski definition) is 8. The Morgan fingerprint density at radius 2 is 1.76 bits per heavy atom. The SMILES string of the molecule is [2H]CC(O)[C@@H](O)[C@H](OS(=O)(=O)O)[C@H](O)[C@@H](O)C=O. The molecular weight excluding hydrogens is 260 g/mol. The average Bonchev–Trinajstić information content (AvgIpc) is 2.30. The van der Waals surface area contributed by atoms with E-state index in [0.29, 0.717) is 0 Å². The van der Waals surface area contributed by atoms with Crippen LogP contribution in [0.15, 0.2) is 0 Å². The van der Waals surface area contributed by atoms with E-state index < -0.39 is 47.8 Å². The van der Waals surface area contributed by atoms with Crippen LogP contribution < -0.4 is 0 Å². The molecule has 102 valence electrons. The number of rotatable bonds is 7. The molecule has 1 unspecified atom stereocenters. The minimum Gasteiger partial charge on any atom is -0.391 e. The van der Waals surface area contributed by atoms with Crippen molar-refractivity contribution in [1.29, 1.82) is 0 Å². The molecule has 5 atom stereocenters. The molecule has 0 spiro atoms. The molecule has 0 aliphatic carbocycles. The first kappa shape index (κ1) is 14.4. The van der Waals surface area contributed by atoms with E-state index >= 15 is 0 Å². The van der Waals surface area contributed by atoms with Crippen molar-refractivity contribution < 1.29 is 43.7 Å². The lowest BCUT2D eigenvalue weighted by Gasteiger charge is -2.28. The average molecular weight is 275 g/mol. The predicted octanol–water partition coefficient (Wildman–Crippen LogP) is -3.16. The summed E-state index contributed by atoms with van der Waals surface area (Å²) in [5.41, 5.74) is 0. The first-order valence-corrected chi connectivity index (χ1v) is 5.63. The highest BCUT2D eigenvalue weighted by Gasteiger charge is 2.38. The molecule has 0 aromatic rings. The van der Waals surface area contributed by atoms with Crippen LogP contribution >= 0.6 is 0 Å². The number of aliphatic hydroxyl groups is 4. The Morgan fingerprint density at radius 3 is 2.12 bits per heavy atom. The maximum atomic E-state index is 10.5. The molecule has 0 aliphatic heterocycles. The third-order valence-electron chi connectivity index (χ3n) is 1.79. The van der Waals surface area contributed by atoms with Crippen molar-refractivity contribution in [2.24, 2.45) is 0 Å². The van der Waals surface area contributed by atoms with Crippen molar-refractivity contribution in [1.82, 2.24) is 0 Å². The normalized spacial score (nSPS) is 22.1. The molecule has 10 heteroatoms. The summed E-state index contributed by atoms with van der Waals surface area (Å²) < 4.78 is 40.0. The quantitative estimate of drug-likeness (QED) is 0.238. The zero-order chi connectivity index (χ0) is 14.5. The van der Waals surface area contributed by atoms with E-state index in [1.165, 1.54) is 0 Å². The lowest BCUT2D eigenvalue weighted by Crippen LogP contribution is -2.51. The van der Waals surface area contributed by atoms with Gasteiger partial charge in [0.25, 0.3) is 0 Å². The van der Waals surface area contributed by atoms with Crippen LogP contribution in [0, 0.1) is 0 Å². The lowest BCUT2D eigenvalue weighted by molar-refractivity contribution is -0.137. The summed E-state index contributed by atoms with van der Waals surface area (Å²) in [5, 5.41) is 36.8. The highest BCUT2D eigenvalue weighted by Crippen LogP contribution is 2.14. The summed E-state index contributed by atoms with van der Waals surface area (Å²) >= 11 is 0. The Balaban J connectivity index is 5.10. The van der Waals surface area contributed by atoms with Gasteiger partial charge in [0.1, 0.15) is 24.4 Å². The Morgan fingerprint density at radius 1 is 1.24 bits per heavy atom. The fourth-order valence-corrected chi connectivity index (χ4v) is 1.46. The lowest BCUT2D eigenvalue weighted by atomic mass is 10.0. The van der Waals surface area contributed by atoms with Crippen LogP contribution in [0.5, 0.6) is 0 Å². The van der Waals surface area contributed by atoms with Crippen molar-refractivity contribution in [3.63, 3.8) is 0 Å². The van der Waals surface area contributed by atoms with Crippen molar-refractivity contribution in [2.45, 2.75) is 37.4 Å². The Kier molecular flexibility index (Phi) is 5.39. The van der Waals surface area contributed by atoms with Crippen molar-refractivity contribution in [2.75, 3.05) is 0 Å². The number of carbonyl (C=O) groups is 1. The second-order valence-corrected chi connectivity index (χ2v) is 4.21. The van der Waals surface area contributed by atoms with E-state index in [1.54, 1.807) is 0 Å². The third-order valence-corrected chi connectivity index (χ3v) is 2.25. The molecule has 9 nitrogen and oxygen atoms in total. The number of aldehydes is 1. The standard InChI is InChI=1S/C7H14O9S/c1-3(9)5(11)7(16-17(13,14)15)6(12)4(10)2-8/h2-7,9-12H,1H3,(H,13,14,15)/t3?,4-,5+,6+,7-/m0/s1/i1D. The van der Waals surface area contributed by atoms with Crippen LogP contribution in [0.3, 0.4) is 0 Å². The van der Waals surface area contributed by atoms with E-state index in [-0.39, 0.29) is 6.29 Å². The molecule has 0 aliphatic rings. The number of aliphatic hydroxyl groups excluding tert-OH is 4. The van der Waals surface area contributed by atoms with Gasteiger partial charge in [-0.25, -0.2) is 4.18 Å². The van der Waals surface area contributed by atoms with Crippen molar-refractivity contribution in [3.05, 3.63) is 0 Å². The van der Waals surface area contributed by atoms with E-state index in [9.17, 15) is 23.4 Å². The molecule has 5 N–H and O–H groups in total. The molecule has 0 saturated carbocycles. The van der Waals surface area contributed by atoms with Gasteiger partial charge in [-0.3, -0.25) is 4.55 Å². The van der Waals surface area contributed by atoms with Gasteiger partial charge in [0, 0.05) is 1.37 Å². The highest BCUT2D eigenvalue weighted by molar-refractivity contribution is 7.80. The van der Waals surface area contributed by atoms with Gasteiger partial charge in [-0.15, -0.1) is 0 Å². The van der Waals surface area contributed by atoms with E-state index in [1.807, 2.05) is 0 Å². The minimum absolute atomic E-state index is 0.162. The molecule has 0 aromatic carbocycles. The predicted molar refractivity (Wildman–Crippen MR) is 52.2 cm³/mol. The summed E-state index contributed by atoms with van der Waals surface area (Å²) in [4.78, 5) is 10.2. The fraction of sp³-hybridized carbons (Fsp3) is 0.857. The first-order chi connectivity index (χ1) is 8.14. The fourth-order valence-electron chi connectivity index (χ4n) is 0.950. The van der Waals surface area contributed by atoms with Gasteiger partial charge >= 0.3 is 10.4 Å². The number of carbonyl (C=O) groups excluding carboxylic acids is 1. The van der Waals surface area contributed by atoms with E-state index in [2.05, 4.69) is 4.18 Å². The van der Waals surface area contributed by atoms with Crippen LogP contribution in [0.1, 0.15) is 8.27 Å². The summed E-state index contributed by atoms with van der Waals surface area (Å²) in [5.74, 6) is 0. The maximum Gasteiger partial charge on any atom is 0.397 e. The van der Waals surface area contributed by atoms with Crippen molar-refractivity contribution in [3.8, 4) is 0 Å². The Bertz CT molecular complexity index is 358. The zero-order valence-electron chi connectivity index (χ0n) is 9.45. The first-order valence-electron chi connectivity index (χ1n) is 4.97. The van der Waals surface area contributed by atoms with Crippen LogP contribution in [0.2, 0.25) is 0 Å². The van der Waals surface area contributed by atoms with Gasteiger partial charge < -0.3 is 25.2 Å². The molecule has 0 amide bonds. The molecule has 0 fully saturated rings. The second-order valence-electron chi connectivity index (χ2n) is 3.16. The molecule has 0 radical (unpaired) electrons. The summed E-state index contributed by atoms with van der Waals surface area (Å²) in [6.07, 6.45) is -10.6. The third kappa shape index (κ3) is 5.50. The van der Waals surface area contributed by atoms with Gasteiger partial charge in [-0.1, -0.05) is 0 Å². The van der Waals surface area contributed by atoms with Crippen molar-refractivity contribution >= 4 is 16.7 Å². The molecule has 0 aromatic heterocycles. The number of hydrogen-bond donors (Lipinski definition) is 5. The topological polar surface area (TPSA) is 162 Å². The Labute approximate surface area is 98.6 Å². The zero-order valence-corrected chi connectivity index (χ0v) is 9.27. The molecule has 0 rings (SSSR count). The van der Waals surface area contributed by atoms with Crippen LogP contribution in [-0.4, -0.2) is 70.2 Å². The smallest absolute Gasteiger partial charge is 0.391 e. The molecule has 0 heterocycles. The summed E-state index contributed by atoms with van der Waals surface area (Å²) in [6, 6.07) is 0. The van der Waals surface area contributed by atoms with Crippen LogP contribution in [0.4, 0.5) is 0 Å². The molecular formula is C7H14O9S. The monoisotopic (exact) mass is 275 g/mol. The van der Waals surface area contributed by atoms with E-state index in [0.717, 1.165) is 0 Å². The minimum atomic E-state index is -5.12. The van der Waals surface area contributed by atoms with E-state index in [4.69, 9.17) is 16.1 Å². The van der Waals surface area contributed by atoms with Crippen LogP contribution in [0.25, 0.3) is 0 Å². The van der Waals surface area contributed by atoms with Gasteiger partial charge in [-0.2, -0.15) is 8.42 Å². The van der Waals surface area contributed by atoms with Gasteiger partial charge in [0.15, 0.2) is 6.29 Å². The molecule has 0 saturated heterocycles. The molecule has 0 bridgehead atoms. The van der Waals surface area contributed by atoms with Crippen LogP contribution in [-0.2, 0) is 19.4 Å². The second kappa shape index (κ2) is 6.35. The summed E-state index contributed by atoms with van der Waals surface area (Å²) in [6.45, 7) is -0.767.